The summed E-state index contributed by atoms with van der Waals surface area (Å²) in [5.74, 6) is 0. The SMILES string of the molecule is C=CC1(c2ccccc2-c2ccccn2)CCCO1. The summed E-state index contributed by atoms with van der Waals surface area (Å²) < 4.78 is 5.99. The zero-order valence-corrected chi connectivity index (χ0v) is 10.9. The Morgan fingerprint density at radius 2 is 2.00 bits per heavy atom. The Bertz CT molecular complexity index is 571. The van der Waals surface area contributed by atoms with Gasteiger partial charge in [-0.25, -0.2) is 0 Å². The van der Waals surface area contributed by atoms with E-state index >= 15 is 0 Å². The third kappa shape index (κ3) is 2.08. The molecule has 0 aliphatic carbocycles. The smallest absolute Gasteiger partial charge is 0.112 e. The predicted octanol–water partition coefficient (Wildman–Crippen LogP) is 3.94. The molecular formula is C17H17NO. The maximum Gasteiger partial charge on any atom is 0.112 e. The van der Waals surface area contributed by atoms with E-state index in [4.69, 9.17) is 4.74 Å². The molecule has 1 aromatic carbocycles. The van der Waals surface area contributed by atoms with Crippen molar-refractivity contribution < 1.29 is 4.74 Å². The van der Waals surface area contributed by atoms with Crippen molar-refractivity contribution in [3.8, 4) is 11.3 Å². The summed E-state index contributed by atoms with van der Waals surface area (Å²) in [6, 6.07) is 14.3. The molecule has 0 N–H and O–H groups in total. The largest absolute Gasteiger partial charge is 0.366 e. The standard InChI is InChI=1S/C17H17NO/c1-2-17(11-7-13-19-17)15-9-4-3-8-14(15)16-10-5-6-12-18-16/h2-6,8-10,12H,1,7,11,13H2. The quantitative estimate of drug-likeness (QED) is 0.771. The first-order valence-electron chi connectivity index (χ1n) is 6.64. The molecule has 2 aromatic rings. The van der Waals surface area contributed by atoms with Gasteiger partial charge in [-0.1, -0.05) is 43.0 Å². The van der Waals surface area contributed by atoms with Crippen LogP contribution < -0.4 is 0 Å². The molecule has 0 amide bonds. The van der Waals surface area contributed by atoms with E-state index < -0.39 is 0 Å². The number of nitrogens with zero attached hydrogens (tertiary/aromatic N) is 1. The summed E-state index contributed by atoms with van der Waals surface area (Å²) in [4.78, 5) is 4.46. The number of hydrogen-bond donors (Lipinski definition) is 0. The van der Waals surface area contributed by atoms with Crippen LogP contribution in [0.2, 0.25) is 0 Å². The van der Waals surface area contributed by atoms with Crippen molar-refractivity contribution in [3.05, 3.63) is 66.9 Å². The summed E-state index contributed by atoms with van der Waals surface area (Å²) in [7, 11) is 0. The molecule has 3 rings (SSSR count). The van der Waals surface area contributed by atoms with Crippen molar-refractivity contribution in [2.24, 2.45) is 0 Å². The number of benzene rings is 1. The van der Waals surface area contributed by atoms with Gasteiger partial charge in [-0.2, -0.15) is 0 Å². The second kappa shape index (κ2) is 4.98. The van der Waals surface area contributed by atoms with E-state index in [9.17, 15) is 0 Å². The topological polar surface area (TPSA) is 22.1 Å². The van der Waals surface area contributed by atoms with Crippen LogP contribution in [0.4, 0.5) is 0 Å². The van der Waals surface area contributed by atoms with Gasteiger partial charge in [0.15, 0.2) is 0 Å². The first kappa shape index (κ1) is 12.1. The average Bonchev–Trinajstić information content (AvgIpc) is 2.98. The Morgan fingerprint density at radius 1 is 1.16 bits per heavy atom. The van der Waals surface area contributed by atoms with E-state index in [0.717, 1.165) is 30.7 Å². The van der Waals surface area contributed by atoms with Crippen LogP contribution in [-0.2, 0) is 10.3 Å². The molecular weight excluding hydrogens is 234 g/mol. The van der Waals surface area contributed by atoms with Gasteiger partial charge < -0.3 is 4.74 Å². The van der Waals surface area contributed by atoms with Gasteiger partial charge in [0.25, 0.3) is 0 Å². The molecule has 1 atom stereocenters. The zero-order valence-electron chi connectivity index (χ0n) is 10.9. The van der Waals surface area contributed by atoms with E-state index in [-0.39, 0.29) is 5.60 Å². The van der Waals surface area contributed by atoms with E-state index in [1.807, 2.05) is 36.5 Å². The molecule has 2 heterocycles. The maximum absolute atomic E-state index is 5.99. The van der Waals surface area contributed by atoms with Crippen molar-refractivity contribution in [2.45, 2.75) is 18.4 Å². The van der Waals surface area contributed by atoms with Crippen LogP contribution in [0.15, 0.2) is 61.3 Å². The summed E-state index contributed by atoms with van der Waals surface area (Å²) in [6.07, 6.45) is 5.81. The van der Waals surface area contributed by atoms with Crippen LogP contribution in [0.1, 0.15) is 18.4 Å². The number of hydrogen-bond acceptors (Lipinski definition) is 2. The lowest BCUT2D eigenvalue weighted by Crippen LogP contribution is -2.22. The molecule has 96 valence electrons. The van der Waals surface area contributed by atoms with E-state index in [0.29, 0.717) is 0 Å². The Balaban J connectivity index is 2.15. The summed E-state index contributed by atoms with van der Waals surface area (Å²) in [5, 5.41) is 0. The predicted molar refractivity (Wildman–Crippen MR) is 76.7 cm³/mol. The van der Waals surface area contributed by atoms with Gasteiger partial charge in [-0.3, -0.25) is 4.98 Å². The fourth-order valence-corrected chi connectivity index (χ4v) is 2.74. The highest BCUT2D eigenvalue weighted by molar-refractivity contribution is 5.65. The number of rotatable bonds is 3. The molecule has 1 aliphatic heterocycles. The molecule has 1 aromatic heterocycles. The Hall–Kier alpha value is -1.93. The monoisotopic (exact) mass is 251 g/mol. The second-order valence-electron chi connectivity index (χ2n) is 4.81. The van der Waals surface area contributed by atoms with Crippen LogP contribution in [0.25, 0.3) is 11.3 Å². The van der Waals surface area contributed by atoms with Gasteiger partial charge in [0.1, 0.15) is 5.60 Å². The van der Waals surface area contributed by atoms with Crippen LogP contribution in [-0.4, -0.2) is 11.6 Å². The first-order valence-corrected chi connectivity index (χ1v) is 6.64. The average molecular weight is 251 g/mol. The molecule has 2 heteroatoms. The second-order valence-corrected chi connectivity index (χ2v) is 4.81. The molecule has 1 saturated heterocycles. The zero-order chi connectivity index (χ0) is 13.1. The lowest BCUT2D eigenvalue weighted by atomic mass is 9.86. The van der Waals surface area contributed by atoms with Crippen molar-refractivity contribution in [2.75, 3.05) is 6.61 Å². The fourth-order valence-electron chi connectivity index (χ4n) is 2.74. The van der Waals surface area contributed by atoms with Crippen molar-refractivity contribution in [3.63, 3.8) is 0 Å². The molecule has 2 nitrogen and oxygen atoms in total. The third-order valence-electron chi connectivity index (χ3n) is 3.71. The molecule has 1 fully saturated rings. The van der Waals surface area contributed by atoms with Crippen LogP contribution >= 0.6 is 0 Å². The highest BCUT2D eigenvalue weighted by Crippen LogP contribution is 2.41. The van der Waals surface area contributed by atoms with Crippen LogP contribution in [0.5, 0.6) is 0 Å². The highest BCUT2D eigenvalue weighted by atomic mass is 16.5. The van der Waals surface area contributed by atoms with Gasteiger partial charge >= 0.3 is 0 Å². The lowest BCUT2D eigenvalue weighted by molar-refractivity contribution is 0.0435. The van der Waals surface area contributed by atoms with Crippen molar-refractivity contribution in [1.82, 2.24) is 4.98 Å². The lowest BCUT2D eigenvalue weighted by Gasteiger charge is -2.27. The fraction of sp³-hybridized carbons (Fsp3) is 0.235. The minimum atomic E-state index is -0.353. The minimum absolute atomic E-state index is 0.353. The number of ether oxygens (including phenoxy) is 1. The first-order chi connectivity index (χ1) is 9.36. The minimum Gasteiger partial charge on any atom is -0.366 e. The van der Waals surface area contributed by atoms with E-state index in [1.165, 1.54) is 5.56 Å². The van der Waals surface area contributed by atoms with Gasteiger partial charge in [0.2, 0.25) is 0 Å². The third-order valence-corrected chi connectivity index (χ3v) is 3.71. The summed E-state index contributed by atoms with van der Waals surface area (Å²) in [6.45, 7) is 4.77. The Kier molecular flexibility index (Phi) is 3.18. The van der Waals surface area contributed by atoms with E-state index in [2.05, 4.69) is 29.8 Å². The van der Waals surface area contributed by atoms with Gasteiger partial charge in [0, 0.05) is 18.4 Å². The van der Waals surface area contributed by atoms with E-state index in [1.54, 1.807) is 0 Å². The Labute approximate surface area is 113 Å². The number of pyridine rings is 1. The van der Waals surface area contributed by atoms with Crippen LogP contribution in [0.3, 0.4) is 0 Å². The molecule has 0 saturated carbocycles. The summed E-state index contributed by atoms with van der Waals surface area (Å²) in [5.41, 5.74) is 2.93. The summed E-state index contributed by atoms with van der Waals surface area (Å²) >= 11 is 0. The highest BCUT2D eigenvalue weighted by Gasteiger charge is 2.35. The van der Waals surface area contributed by atoms with Gasteiger partial charge in [-0.05, 0) is 30.5 Å². The molecule has 0 radical (unpaired) electrons. The number of aromatic nitrogens is 1. The molecule has 1 unspecified atom stereocenters. The molecule has 1 aliphatic rings. The Morgan fingerprint density at radius 3 is 2.68 bits per heavy atom. The normalized spacial score (nSPS) is 22.3. The van der Waals surface area contributed by atoms with Crippen molar-refractivity contribution >= 4 is 0 Å². The van der Waals surface area contributed by atoms with Crippen molar-refractivity contribution in [1.29, 1.82) is 0 Å². The molecule has 0 bridgehead atoms. The van der Waals surface area contributed by atoms with Crippen LogP contribution in [0, 0.1) is 0 Å². The van der Waals surface area contributed by atoms with Gasteiger partial charge in [0.05, 0.1) is 5.69 Å². The molecule has 19 heavy (non-hydrogen) atoms. The van der Waals surface area contributed by atoms with Gasteiger partial charge in [-0.15, -0.1) is 0 Å². The molecule has 0 spiro atoms. The maximum atomic E-state index is 5.99.